The summed E-state index contributed by atoms with van der Waals surface area (Å²) < 4.78 is 0. The van der Waals surface area contributed by atoms with E-state index in [4.69, 9.17) is 5.21 Å². The molecule has 0 aromatic carbocycles. The van der Waals surface area contributed by atoms with Crippen molar-refractivity contribution in [2.24, 2.45) is 0 Å². The number of rotatable bonds is 10. The molecule has 0 aromatic heterocycles. The number of amides is 1. The van der Waals surface area contributed by atoms with Crippen LogP contribution in [0.5, 0.6) is 0 Å². The first-order valence-electron chi connectivity index (χ1n) is 7.41. The maximum atomic E-state index is 10.8. The monoisotopic (exact) mass is 311 g/mol. The molecule has 120 valence electrons. The third kappa shape index (κ3) is 13.7. The van der Waals surface area contributed by atoms with Crippen LogP contribution in [0.25, 0.3) is 0 Å². The van der Waals surface area contributed by atoms with Crippen LogP contribution in [0.1, 0.15) is 53.4 Å². The summed E-state index contributed by atoms with van der Waals surface area (Å²) in [4.78, 5) is 10.8. The number of nitrogens with one attached hydrogen (secondary N) is 1. The van der Waals surface area contributed by atoms with Gasteiger partial charge in [-0.05, 0) is 53.4 Å². The van der Waals surface area contributed by atoms with E-state index in [0.717, 1.165) is 31.4 Å². The van der Waals surface area contributed by atoms with Crippen LogP contribution in [-0.2, 0) is 4.79 Å². The van der Waals surface area contributed by atoms with Crippen LogP contribution < -0.4 is 5.48 Å². The van der Waals surface area contributed by atoms with Crippen molar-refractivity contribution in [3.05, 3.63) is 34.9 Å². The van der Waals surface area contributed by atoms with Gasteiger partial charge in [0.05, 0.1) is 5.75 Å². The Morgan fingerprint density at radius 2 is 1.57 bits per heavy atom. The smallest absolute Gasteiger partial charge is 0.253 e. The van der Waals surface area contributed by atoms with Gasteiger partial charge in [-0.2, -0.15) is 0 Å². The van der Waals surface area contributed by atoms with Crippen molar-refractivity contribution < 1.29 is 10.0 Å². The molecular formula is C17H29NO2S. The Morgan fingerprint density at radius 1 is 1.00 bits per heavy atom. The zero-order valence-electron chi connectivity index (χ0n) is 13.7. The van der Waals surface area contributed by atoms with E-state index in [0.29, 0.717) is 5.75 Å². The second-order valence-electron chi connectivity index (χ2n) is 5.51. The van der Waals surface area contributed by atoms with Crippen LogP contribution in [0, 0.1) is 0 Å². The predicted octanol–water partition coefficient (Wildman–Crippen LogP) is 4.64. The number of hydrogen-bond donors (Lipinski definition) is 2. The van der Waals surface area contributed by atoms with E-state index >= 15 is 0 Å². The predicted molar refractivity (Wildman–Crippen MR) is 92.7 cm³/mol. The maximum absolute atomic E-state index is 10.8. The van der Waals surface area contributed by atoms with E-state index in [2.05, 4.69) is 45.9 Å². The molecule has 0 aliphatic rings. The lowest BCUT2D eigenvalue weighted by Gasteiger charge is -2.02. The van der Waals surface area contributed by atoms with E-state index in [1.54, 1.807) is 5.48 Å². The largest absolute Gasteiger partial charge is 0.289 e. The fraction of sp³-hybridized carbons (Fsp3) is 0.588. The topological polar surface area (TPSA) is 49.3 Å². The van der Waals surface area contributed by atoms with Gasteiger partial charge < -0.3 is 0 Å². The molecule has 0 atom stereocenters. The molecule has 0 spiro atoms. The second kappa shape index (κ2) is 12.7. The molecule has 0 aromatic rings. The van der Waals surface area contributed by atoms with Crippen molar-refractivity contribution >= 4 is 17.7 Å². The highest BCUT2D eigenvalue weighted by Crippen LogP contribution is 2.12. The number of carbonyl (C=O) groups is 1. The second-order valence-corrected chi connectivity index (χ2v) is 6.54. The molecule has 21 heavy (non-hydrogen) atoms. The van der Waals surface area contributed by atoms with E-state index in [1.165, 1.54) is 28.5 Å². The molecule has 4 heteroatoms. The summed E-state index contributed by atoms with van der Waals surface area (Å²) in [6.07, 6.45) is 11.2. The SMILES string of the molecule is CC(C)=CCCC(C)=CCCC(C)=CCSCC(=O)NO. The highest BCUT2D eigenvalue weighted by molar-refractivity contribution is 8.00. The highest BCUT2D eigenvalue weighted by atomic mass is 32.2. The molecule has 3 nitrogen and oxygen atoms in total. The van der Waals surface area contributed by atoms with Crippen LogP contribution in [-0.4, -0.2) is 22.6 Å². The van der Waals surface area contributed by atoms with Gasteiger partial charge in [0.15, 0.2) is 0 Å². The first-order valence-corrected chi connectivity index (χ1v) is 8.56. The minimum atomic E-state index is -0.346. The molecule has 0 saturated heterocycles. The highest BCUT2D eigenvalue weighted by Gasteiger charge is 1.97. The molecule has 1 amide bonds. The Bertz CT molecular complexity index is 394. The van der Waals surface area contributed by atoms with Crippen molar-refractivity contribution in [1.29, 1.82) is 0 Å². The van der Waals surface area contributed by atoms with Crippen LogP contribution >= 0.6 is 11.8 Å². The Kier molecular flexibility index (Phi) is 12.1. The summed E-state index contributed by atoms with van der Waals surface area (Å²) in [5, 5.41) is 8.36. The average Bonchev–Trinajstić information content (AvgIpc) is 2.42. The first-order chi connectivity index (χ1) is 9.95. The minimum Gasteiger partial charge on any atom is -0.289 e. The van der Waals surface area contributed by atoms with Crippen LogP contribution in [0.4, 0.5) is 0 Å². The number of hydrogen-bond acceptors (Lipinski definition) is 3. The molecule has 0 rings (SSSR count). The fourth-order valence-electron chi connectivity index (χ4n) is 1.72. The summed E-state index contributed by atoms with van der Waals surface area (Å²) in [5.41, 5.74) is 5.81. The third-order valence-electron chi connectivity index (χ3n) is 3.03. The normalized spacial score (nSPS) is 12.2. The summed E-state index contributed by atoms with van der Waals surface area (Å²) in [7, 11) is 0. The molecule has 0 unspecified atom stereocenters. The molecule has 0 heterocycles. The molecule has 0 aliphatic heterocycles. The van der Waals surface area contributed by atoms with E-state index in [1.807, 2.05) is 0 Å². The van der Waals surface area contributed by atoms with Crippen molar-refractivity contribution in [3.63, 3.8) is 0 Å². The van der Waals surface area contributed by atoms with Gasteiger partial charge in [-0.25, -0.2) is 5.48 Å². The molecule has 2 N–H and O–H groups in total. The van der Waals surface area contributed by atoms with Gasteiger partial charge >= 0.3 is 0 Å². The molecular weight excluding hydrogens is 282 g/mol. The maximum Gasteiger partial charge on any atom is 0.253 e. The average molecular weight is 311 g/mol. The van der Waals surface area contributed by atoms with E-state index in [9.17, 15) is 4.79 Å². The van der Waals surface area contributed by atoms with Gasteiger partial charge in [-0.1, -0.05) is 34.9 Å². The van der Waals surface area contributed by atoms with Crippen molar-refractivity contribution in [2.75, 3.05) is 11.5 Å². The Balaban J connectivity index is 3.83. The summed E-state index contributed by atoms with van der Waals surface area (Å²) in [6, 6.07) is 0. The number of allylic oxidation sites excluding steroid dienone is 5. The minimum absolute atomic E-state index is 0.295. The van der Waals surface area contributed by atoms with E-state index < -0.39 is 0 Å². The van der Waals surface area contributed by atoms with E-state index in [-0.39, 0.29) is 5.91 Å². The lowest BCUT2D eigenvalue weighted by Crippen LogP contribution is -2.20. The Morgan fingerprint density at radius 3 is 2.14 bits per heavy atom. The standard InChI is InChI=1S/C17H29NO2S/c1-14(2)7-5-8-15(3)9-6-10-16(4)11-12-21-13-17(19)18-20/h7,9,11,20H,5-6,8,10,12-13H2,1-4H3,(H,18,19). The van der Waals surface area contributed by atoms with Gasteiger partial charge in [0.2, 0.25) is 0 Å². The van der Waals surface area contributed by atoms with Gasteiger partial charge in [0.25, 0.3) is 5.91 Å². The molecule has 0 fully saturated rings. The molecule has 0 radical (unpaired) electrons. The van der Waals surface area contributed by atoms with Crippen LogP contribution in [0.15, 0.2) is 34.9 Å². The van der Waals surface area contributed by atoms with Crippen molar-refractivity contribution in [1.82, 2.24) is 5.48 Å². The first kappa shape index (κ1) is 20.0. The van der Waals surface area contributed by atoms with Gasteiger partial charge in [-0.15, -0.1) is 11.8 Å². The molecule has 0 saturated carbocycles. The lowest BCUT2D eigenvalue weighted by atomic mass is 10.1. The fourth-order valence-corrected chi connectivity index (χ4v) is 2.49. The number of hydroxylamine groups is 1. The van der Waals surface area contributed by atoms with Crippen molar-refractivity contribution in [3.8, 4) is 0 Å². The number of thioether (sulfide) groups is 1. The molecule has 0 aliphatic carbocycles. The van der Waals surface area contributed by atoms with Crippen LogP contribution in [0.3, 0.4) is 0 Å². The third-order valence-corrected chi connectivity index (χ3v) is 3.90. The van der Waals surface area contributed by atoms with Gasteiger partial charge in [0.1, 0.15) is 0 Å². The zero-order chi connectivity index (χ0) is 16.1. The summed E-state index contributed by atoms with van der Waals surface area (Å²) in [5.74, 6) is 0.757. The van der Waals surface area contributed by atoms with Crippen molar-refractivity contribution in [2.45, 2.75) is 53.4 Å². The summed E-state index contributed by atoms with van der Waals surface area (Å²) >= 11 is 1.50. The molecule has 0 bridgehead atoms. The Labute approximate surface area is 133 Å². The van der Waals surface area contributed by atoms with Gasteiger partial charge in [-0.3, -0.25) is 10.0 Å². The zero-order valence-corrected chi connectivity index (χ0v) is 14.6. The quantitative estimate of drug-likeness (QED) is 0.267. The lowest BCUT2D eigenvalue weighted by molar-refractivity contribution is -0.126. The Hall–Kier alpha value is -1.00. The van der Waals surface area contributed by atoms with Crippen LogP contribution in [0.2, 0.25) is 0 Å². The summed E-state index contributed by atoms with van der Waals surface area (Å²) in [6.45, 7) is 8.59. The van der Waals surface area contributed by atoms with Gasteiger partial charge in [0, 0.05) is 5.75 Å². The number of carbonyl (C=O) groups excluding carboxylic acids is 1.